The van der Waals surface area contributed by atoms with Crippen molar-refractivity contribution in [2.75, 3.05) is 14.2 Å². The van der Waals surface area contributed by atoms with Gasteiger partial charge in [0.15, 0.2) is 11.9 Å². The number of ether oxygens (including phenoxy) is 3. The average molecular weight is 443 g/mol. The third-order valence-electron chi connectivity index (χ3n) is 6.07. The minimum absolute atomic E-state index is 0.0189. The standard InChI is InChI=1S/C21H21N3O8/c1-10(21(27)31-3)32-18-14(24(28)29)6-11(7-15(18)30-2)9-22-23-19(25)16-12-4-5-13(8-12)17(16)20(23)26/h4-7,9-10,12-13,16-17H,8H2,1-3H3/t10-,12+,13+,16-,17+/m1/s1. The SMILES string of the molecule is COC(=O)[C@@H](C)Oc1c(OC)cc(C=NN2C(=O)[C@@H]3[C@H](C2=O)[C@H]2C=C[C@H]3C2)cc1[N+](=O)[O-]. The molecule has 0 unspecified atom stereocenters. The van der Waals surface area contributed by atoms with E-state index in [4.69, 9.17) is 9.47 Å². The number of benzene rings is 1. The van der Waals surface area contributed by atoms with E-state index in [2.05, 4.69) is 9.84 Å². The summed E-state index contributed by atoms with van der Waals surface area (Å²) < 4.78 is 15.2. The number of hydrogen-bond acceptors (Lipinski definition) is 9. The van der Waals surface area contributed by atoms with Crippen LogP contribution in [0.1, 0.15) is 18.9 Å². The Labute approximate surface area is 182 Å². The molecule has 5 atom stereocenters. The van der Waals surface area contributed by atoms with E-state index in [1.807, 2.05) is 12.2 Å². The van der Waals surface area contributed by atoms with E-state index >= 15 is 0 Å². The van der Waals surface area contributed by atoms with Crippen LogP contribution in [0.4, 0.5) is 5.69 Å². The lowest BCUT2D eigenvalue weighted by molar-refractivity contribution is -0.386. The molecular weight excluding hydrogens is 422 g/mol. The summed E-state index contributed by atoms with van der Waals surface area (Å²) in [5, 5.41) is 16.5. The average Bonchev–Trinajstić information content (AvgIpc) is 3.46. The van der Waals surface area contributed by atoms with Crippen molar-refractivity contribution in [3.63, 3.8) is 0 Å². The molecule has 1 aromatic carbocycles. The maximum absolute atomic E-state index is 12.7. The monoisotopic (exact) mass is 443 g/mol. The van der Waals surface area contributed by atoms with Crippen LogP contribution in [-0.4, -0.2) is 54.3 Å². The van der Waals surface area contributed by atoms with Gasteiger partial charge in [-0.3, -0.25) is 19.7 Å². The molecule has 11 nitrogen and oxygen atoms in total. The second-order valence-electron chi connectivity index (χ2n) is 7.84. The maximum Gasteiger partial charge on any atom is 0.346 e. The minimum atomic E-state index is -1.12. The molecule has 2 bridgehead atoms. The van der Waals surface area contributed by atoms with E-state index in [-0.39, 0.29) is 40.7 Å². The van der Waals surface area contributed by atoms with E-state index < -0.39 is 34.5 Å². The van der Waals surface area contributed by atoms with Gasteiger partial charge in [-0.2, -0.15) is 10.1 Å². The maximum atomic E-state index is 12.7. The molecule has 1 heterocycles. The third-order valence-corrected chi connectivity index (χ3v) is 6.07. The summed E-state index contributed by atoms with van der Waals surface area (Å²) in [5.74, 6) is -2.39. The van der Waals surface area contributed by atoms with Crippen molar-refractivity contribution in [3.05, 3.63) is 40.0 Å². The van der Waals surface area contributed by atoms with Crippen molar-refractivity contribution in [1.29, 1.82) is 0 Å². The highest BCUT2D eigenvalue weighted by Crippen LogP contribution is 2.52. The van der Waals surface area contributed by atoms with Crippen molar-refractivity contribution < 1.29 is 33.5 Å². The van der Waals surface area contributed by atoms with Crippen molar-refractivity contribution in [3.8, 4) is 11.5 Å². The lowest BCUT2D eigenvalue weighted by Crippen LogP contribution is -2.28. The molecule has 1 aliphatic heterocycles. The molecule has 3 aliphatic rings. The highest BCUT2D eigenvalue weighted by Gasteiger charge is 2.59. The summed E-state index contributed by atoms with van der Waals surface area (Å²) >= 11 is 0. The van der Waals surface area contributed by atoms with Crippen LogP contribution in [0.3, 0.4) is 0 Å². The summed E-state index contributed by atoms with van der Waals surface area (Å²) in [7, 11) is 2.46. The quantitative estimate of drug-likeness (QED) is 0.155. The summed E-state index contributed by atoms with van der Waals surface area (Å²) in [5.41, 5.74) is -0.259. The first-order valence-corrected chi connectivity index (χ1v) is 9.97. The first-order chi connectivity index (χ1) is 15.3. The van der Waals surface area contributed by atoms with Crippen LogP contribution in [-0.2, 0) is 19.1 Å². The van der Waals surface area contributed by atoms with Crippen molar-refractivity contribution in [1.82, 2.24) is 5.01 Å². The zero-order valence-corrected chi connectivity index (χ0v) is 17.6. The van der Waals surface area contributed by atoms with Crippen molar-refractivity contribution in [2.24, 2.45) is 28.8 Å². The number of nitro benzene ring substituents is 1. The molecule has 2 fully saturated rings. The third kappa shape index (κ3) is 3.39. The number of allylic oxidation sites excluding steroid dienone is 2. The zero-order chi connectivity index (χ0) is 23.2. The fraction of sp³-hybridized carbons (Fsp3) is 0.429. The van der Waals surface area contributed by atoms with Crippen molar-refractivity contribution >= 4 is 29.7 Å². The molecule has 2 aliphatic carbocycles. The number of amides is 2. The lowest BCUT2D eigenvalue weighted by Gasteiger charge is -2.16. The van der Waals surface area contributed by atoms with E-state index in [0.29, 0.717) is 0 Å². The Kier molecular flexibility index (Phi) is 5.41. The molecule has 1 aromatic rings. The first kappa shape index (κ1) is 21.5. The summed E-state index contributed by atoms with van der Waals surface area (Å²) in [6.07, 6.45) is 4.84. The number of carbonyl (C=O) groups excluding carboxylic acids is 3. The molecule has 1 saturated heterocycles. The zero-order valence-electron chi connectivity index (χ0n) is 17.6. The van der Waals surface area contributed by atoms with Crippen LogP contribution >= 0.6 is 0 Å². The minimum Gasteiger partial charge on any atom is -0.493 e. The van der Waals surface area contributed by atoms with Gasteiger partial charge in [0.25, 0.3) is 11.8 Å². The number of methoxy groups -OCH3 is 2. The Balaban J connectivity index is 1.62. The molecule has 168 valence electrons. The van der Waals surface area contributed by atoms with Crippen LogP contribution in [0.15, 0.2) is 29.4 Å². The summed E-state index contributed by atoms with van der Waals surface area (Å²) in [6.45, 7) is 1.38. The van der Waals surface area contributed by atoms with E-state index in [0.717, 1.165) is 17.5 Å². The summed E-state index contributed by atoms with van der Waals surface area (Å²) in [4.78, 5) is 48.1. The normalized spacial score (nSPS) is 26.5. The number of hydrogen-bond donors (Lipinski definition) is 0. The van der Waals surface area contributed by atoms with Gasteiger partial charge in [0.2, 0.25) is 5.75 Å². The van der Waals surface area contributed by atoms with E-state index in [9.17, 15) is 24.5 Å². The number of imide groups is 1. The lowest BCUT2D eigenvalue weighted by atomic mass is 9.85. The molecule has 32 heavy (non-hydrogen) atoms. The second-order valence-corrected chi connectivity index (χ2v) is 7.84. The fourth-order valence-corrected chi connectivity index (χ4v) is 4.60. The molecule has 0 aromatic heterocycles. The Hall–Kier alpha value is -3.76. The van der Waals surface area contributed by atoms with Crippen molar-refractivity contribution in [2.45, 2.75) is 19.4 Å². The van der Waals surface area contributed by atoms with Gasteiger partial charge in [-0.05, 0) is 31.2 Å². The highest BCUT2D eigenvalue weighted by atomic mass is 16.6. The molecule has 11 heteroatoms. The highest BCUT2D eigenvalue weighted by molar-refractivity contribution is 6.06. The van der Waals surface area contributed by atoms with Crippen LogP contribution < -0.4 is 9.47 Å². The Morgan fingerprint density at radius 1 is 1.22 bits per heavy atom. The Bertz CT molecular complexity index is 1040. The number of nitro groups is 1. The van der Waals surface area contributed by atoms with Gasteiger partial charge >= 0.3 is 11.7 Å². The van der Waals surface area contributed by atoms with Crippen LogP contribution in [0.5, 0.6) is 11.5 Å². The Morgan fingerprint density at radius 3 is 2.38 bits per heavy atom. The number of fused-ring (bicyclic) bond motifs is 5. The van der Waals surface area contributed by atoms with Gasteiger partial charge in [-0.1, -0.05) is 12.2 Å². The van der Waals surface area contributed by atoms with Crippen LogP contribution in [0, 0.1) is 33.8 Å². The summed E-state index contributed by atoms with van der Waals surface area (Å²) in [6, 6.07) is 2.55. The van der Waals surface area contributed by atoms with E-state index in [1.54, 1.807) is 0 Å². The number of esters is 1. The topological polar surface area (TPSA) is 138 Å². The van der Waals surface area contributed by atoms with Gasteiger partial charge < -0.3 is 14.2 Å². The van der Waals surface area contributed by atoms with Gasteiger partial charge in [0.05, 0.1) is 37.2 Å². The van der Waals surface area contributed by atoms with Crippen LogP contribution in [0.25, 0.3) is 0 Å². The Morgan fingerprint density at radius 2 is 1.84 bits per heavy atom. The molecule has 4 rings (SSSR count). The van der Waals surface area contributed by atoms with Gasteiger partial charge in [-0.25, -0.2) is 4.79 Å². The molecule has 2 amide bonds. The smallest absolute Gasteiger partial charge is 0.346 e. The molecule has 0 radical (unpaired) electrons. The molecular formula is C21H21N3O8. The molecule has 0 spiro atoms. The van der Waals surface area contributed by atoms with Gasteiger partial charge in [0, 0.05) is 11.6 Å². The number of nitrogens with zero attached hydrogens (tertiary/aromatic N) is 3. The second kappa shape index (κ2) is 8.06. The predicted octanol–water partition coefficient (Wildman–Crippen LogP) is 1.68. The predicted molar refractivity (Wildman–Crippen MR) is 109 cm³/mol. The first-order valence-electron chi connectivity index (χ1n) is 9.97. The van der Waals surface area contributed by atoms with Gasteiger partial charge in [-0.15, -0.1) is 0 Å². The number of rotatable bonds is 7. The molecule has 1 saturated carbocycles. The molecule has 0 N–H and O–H groups in total. The number of carbonyl (C=O) groups is 3. The number of hydrazone groups is 1. The van der Waals surface area contributed by atoms with E-state index in [1.165, 1.54) is 33.4 Å². The van der Waals surface area contributed by atoms with Crippen LogP contribution in [0.2, 0.25) is 0 Å². The van der Waals surface area contributed by atoms with Gasteiger partial charge in [0.1, 0.15) is 0 Å². The fourth-order valence-electron chi connectivity index (χ4n) is 4.60. The largest absolute Gasteiger partial charge is 0.493 e.